The number of nitro groups is 1. The van der Waals surface area contributed by atoms with Gasteiger partial charge in [-0.1, -0.05) is 6.07 Å². The molecule has 0 aromatic heterocycles. The van der Waals surface area contributed by atoms with E-state index < -0.39 is 0 Å². The lowest BCUT2D eigenvalue weighted by Crippen LogP contribution is -2.13. The van der Waals surface area contributed by atoms with Gasteiger partial charge in [0.05, 0.1) is 4.92 Å². The van der Waals surface area contributed by atoms with Crippen molar-refractivity contribution < 1.29 is 9.72 Å². The number of fused-ring (bicyclic) bond motifs is 3. The Hall–Kier alpha value is -2.69. The average molecular weight is 268 g/mol. The summed E-state index contributed by atoms with van der Waals surface area (Å²) in [4.78, 5) is 22.7. The van der Waals surface area contributed by atoms with Crippen molar-refractivity contribution in [1.82, 2.24) is 0 Å². The summed E-state index contributed by atoms with van der Waals surface area (Å²) in [6.45, 7) is 0. The highest BCUT2D eigenvalue weighted by molar-refractivity contribution is 5.82. The molecule has 0 saturated heterocycles. The van der Waals surface area contributed by atoms with Crippen LogP contribution in [0.15, 0.2) is 36.4 Å². The predicted octanol–water partition coefficient (Wildman–Crippen LogP) is 2.76. The molecule has 100 valence electrons. The summed E-state index contributed by atoms with van der Waals surface area (Å²) in [6.07, 6.45) is 1.42. The van der Waals surface area contributed by atoms with E-state index in [0.29, 0.717) is 6.42 Å². The Labute approximate surface area is 115 Å². The number of hydrogen-bond acceptors (Lipinski definition) is 3. The number of anilines is 1. The first-order chi connectivity index (χ1) is 9.60. The van der Waals surface area contributed by atoms with E-state index in [-0.39, 0.29) is 10.6 Å². The zero-order valence-electron chi connectivity index (χ0n) is 10.9. The van der Waals surface area contributed by atoms with E-state index in [1.807, 2.05) is 18.2 Å². The third-order valence-corrected chi connectivity index (χ3v) is 3.62. The lowest BCUT2D eigenvalue weighted by molar-refractivity contribution is -0.384. The quantitative estimate of drug-likeness (QED) is 0.417. The van der Waals surface area contributed by atoms with Crippen LogP contribution in [-0.2, 0) is 11.2 Å². The number of carbonyl (C=O) groups is 1. The SMILES string of the molecule is CN(C=O)c1ccc2c(c1)Cc1cc([N+](=O)[O-])ccc1-2. The molecule has 0 unspecified atom stereocenters. The molecule has 0 bridgehead atoms. The second-order valence-electron chi connectivity index (χ2n) is 4.83. The normalized spacial score (nSPS) is 11.7. The number of amides is 1. The molecule has 0 N–H and O–H groups in total. The van der Waals surface area contributed by atoms with Gasteiger partial charge < -0.3 is 4.90 Å². The van der Waals surface area contributed by atoms with Crippen LogP contribution >= 0.6 is 0 Å². The van der Waals surface area contributed by atoms with Crippen molar-refractivity contribution in [3.05, 3.63) is 57.6 Å². The Balaban J connectivity index is 2.05. The summed E-state index contributed by atoms with van der Waals surface area (Å²) in [6, 6.07) is 10.7. The van der Waals surface area contributed by atoms with Crippen molar-refractivity contribution in [3.8, 4) is 11.1 Å². The van der Waals surface area contributed by atoms with Gasteiger partial charge in [-0.25, -0.2) is 0 Å². The molecule has 5 nitrogen and oxygen atoms in total. The number of rotatable bonds is 3. The van der Waals surface area contributed by atoms with Crippen molar-refractivity contribution in [1.29, 1.82) is 0 Å². The van der Waals surface area contributed by atoms with Crippen LogP contribution in [0.2, 0.25) is 0 Å². The average Bonchev–Trinajstić information content (AvgIpc) is 2.82. The third kappa shape index (κ3) is 1.84. The zero-order chi connectivity index (χ0) is 14.3. The van der Waals surface area contributed by atoms with Crippen LogP contribution in [-0.4, -0.2) is 18.4 Å². The number of nitro benzene ring substituents is 1. The van der Waals surface area contributed by atoms with Gasteiger partial charge in [-0.05, 0) is 46.9 Å². The summed E-state index contributed by atoms with van der Waals surface area (Å²) in [5, 5.41) is 10.8. The van der Waals surface area contributed by atoms with Crippen LogP contribution in [0.3, 0.4) is 0 Å². The maximum Gasteiger partial charge on any atom is 0.269 e. The number of benzene rings is 2. The summed E-state index contributed by atoms with van der Waals surface area (Å²) in [5.41, 5.74) is 5.10. The second kappa shape index (κ2) is 4.45. The van der Waals surface area contributed by atoms with E-state index in [9.17, 15) is 14.9 Å². The monoisotopic (exact) mass is 268 g/mol. The summed E-state index contributed by atoms with van der Waals surface area (Å²) < 4.78 is 0. The molecule has 20 heavy (non-hydrogen) atoms. The van der Waals surface area contributed by atoms with Gasteiger partial charge in [-0.3, -0.25) is 14.9 Å². The predicted molar refractivity (Wildman–Crippen MR) is 75.8 cm³/mol. The first kappa shape index (κ1) is 12.3. The Morgan fingerprint density at radius 3 is 2.45 bits per heavy atom. The number of nitrogens with zero attached hydrogens (tertiary/aromatic N) is 2. The zero-order valence-corrected chi connectivity index (χ0v) is 10.9. The van der Waals surface area contributed by atoms with E-state index in [1.54, 1.807) is 19.2 Å². The highest BCUT2D eigenvalue weighted by Gasteiger charge is 2.21. The molecule has 5 heteroatoms. The van der Waals surface area contributed by atoms with Crippen molar-refractivity contribution in [2.45, 2.75) is 6.42 Å². The molecule has 2 aromatic rings. The maximum atomic E-state index is 10.8. The molecule has 0 aliphatic heterocycles. The van der Waals surface area contributed by atoms with Crippen molar-refractivity contribution in [2.24, 2.45) is 0 Å². The van der Waals surface area contributed by atoms with Crippen molar-refractivity contribution >= 4 is 17.8 Å². The Morgan fingerprint density at radius 1 is 1.15 bits per heavy atom. The van der Waals surface area contributed by atoms with Gasteiger partial charge >= 0.3 is 0 Å². The van der Waals surface area contributed by atoms with Crippen LogP contribution in [0, 0.1) is 10.1 Å². The molecule has 1 amide bonds. The fraction of sp³-hybridized carbons (Fsp3) is 0.133. The first-order valence-corrected chi connectivity index (χ1v) is 6.19. The maximum absolute atomic E-state index is 10.8. The van der Waals surface area contributed by atoms with Gasteiger partial charge in [-0.2, -0.15) is 0 Å². The van der Waals surface area contributed by atoms with Gasteiger partial charge in [-0.15, -0.1) is 0 Å². The standard InChI is InChI=1S/C15H12N2O3/c1-16(9-18)12-2-4-14-10(7-12)6-11-8-13(17(19)20)3-5-15(11)14/h2-5,7-9H,6H2,1H3. The number of non-ortho nitro benzene ring substituents is 1. The molecule has 0 heterocycles. The van der Waals surface area contributed by atoms with Crippen molar-refractivity contribution in [2.75, 3.05) is 11.9 Å². The molecule has 0 saturated carbocycles. The fourth-order valence-corrected chi connectivity index (χ4v) is 2.58. The number of carbonyl (C=O) groups excluding carboxylic acids is 1. The smallest absolute Gasteiger partial charge is 0.269 e. The Morgan fingerprint density at radius 2 is 1.80 bits per heavy atom. The molecule has 1 aliphatic rings. The summed E-state index contributed by atoms with van der Waals surface area (Å²) in [7, 11) is 1.70. The van der Waals surface area contributed by atoms with Crippen molar-refractivity contribution in [3.63, 3.8) is 0 Å². The lowest BCUT2D eigenvalue weighted by Gasteiger charge is -2.12. The molecule has 0 spiro atoms. The Bertz CT molecular complexity index is 725. The van der Waals surface area contributed by atoms with E-state index in [2.05, 4.69) is 0 Å². The molecule has 0 atom stereocenters. The van der Waals surface area contributed by atoms with Gasteiger partial charge in [0, 0.05) is 24.9 Å². The van der Waals surface area contributed by atoms with E-state index in [0.717, 1.165) is 34.4 Å². The van der Waals surface area contributed by atoms with Crippen LogP contribution in [0.1, 0.15) is 11.1 Å². The third-order valence-electron chi connectivity index (χ3n) is 3.62. The van der Waals surface area contributed by atoms with E-state index in [4.69, 9.17) is 0 Å². The topological polar surface area (TPSA) is 63.5 Å². The molecule has 0 radical (unpaired) electrons. The highest BCUT2D eigenvalue weighted by Crippen LogP contribution is 2.39. The van der Waals surface area contributed by atoms with Gasteiger partial charge in [0.15, 0.2) is 0 Å². The molecule has 0 fully saturated rings. The lowest BCUT2D eigenvalue weighted by atomic mass is 10.0. The molecule has 2 aromatic carbocycles. The summed E-state index contributed by atoms with van der Waals surface area (Å²) in [5.74, 6) is 0. The minimum Gasteiger partial charge on any atom is -0.318 e. The largest absolute Gasteiger partial charge is 0.318 e. The molecule has 3 rings (SSSR count). The van der Waals surface area contributed by atoms with Gasteiger partial charge in [0.25, 0.3) is 5.69 Å². The minimum atomic E-state index is -0.380. The van der Waals surface area contributed by atoms with Gasteiger partial charge in [0.2, 0.25) is 6.41 Å². The fourth-order valence-electron chi connectivity index (χ4n) is 2.58. The minimum absolute atomic E-state index is 0.113. The van der Waals surface area contributed by atoms with Crippen LogP contribution in [0.25, 0.3) is 11.1 Å². The highest BCUT2D eigenvalue weighted by atomic mass is 16.6. The first-order valence-electron chi connectivity index (χ1n) is 6.19. The van der Waals surface area contributed by atoms with E-state index >= 15 is 0 Å². The summed E-state index contributed by atoms with van der Waals surface area (Å²) >= 11 is 0. The molecular formula is C15H12N2O3. The molecular weight excluding hydrogens is 256 g/mol. The second-order valence-corrected chi connectivity index (χ2v) is 4.83. The number of hydrogen-bond donors (Lipinski definition) is 0. The molecule has 1 aliphatic carbocycles. The Kier molecular flexibility index (Phi) is 2.75. The van der Waals surface area contributed by atoms with Crippen LogP contribution < -0.4 is 4.90 Å². The van der Waals surface area contributed by atoms with Crippen LogP contribution in [0.5, 0.6) is 0 Å². The van der Waals surface area contributed by atoms with Crippen LogP contribution in [0.4, 0.5) is 11.4 Å². The van der Waals surface area contributed by atoms with Gasteiger partial charge in [0.1, 0.15) is 0 Å². The van der Waals surface area contributed by atoms with E-state index in [1.165, 1.54) is 11.0 Å².